The van der Waals surface area contributed by atoms with Gasteiger partial charge in [0.1, 0.15) is 0 Å². The molecule has 1 saturated carbocycles. The van der Waals surface area contributed by atoms with Crippen molar-refractivity contribution in [3.63, 3.8) is 0 Å². The van der Waals surface area contributed by atoms with E-state index in [1.54, 1.807) is 13.8 Å². The third-order valence-electron chi connectivity index (χ3n) is 3.43. The van der Waals surface area contributed by atoms with E-state index in [0.717, 1.165) is 0 Å². The lowest BCUT2D eigenvalue weighted by Gasteiger charge is -2.26. The number of aliphatic carboxylic acids is 1. The lowest BCUT2D eigenvalue weighted by Crippen LogP contribution is -2.47. The molecular weight excluding hydrogens is 196 g/mol. The van der Waals surface area contributed by atoms with Crippen molar-refractivity contribution < 1.29 is 19.5 Å². The number of carboxylic acid groups (broad SMARTS) is 1. The van der Waals surface area contributed by atoms with Crippen LogP contribution in [0.4, 0.5) is 0 Å². The second kappa shape index (κ2) is 3.43. The van der Waals surface area contributed by atoms with Crippen molar-refractivity contribution in [1.29, 1.82) is 0 Å². The van der Waals surface area contributed by atoms with Crippen molar-refractivity contribution in [3.8, 4) is 0 Å². The molecule has 0 spiro atoms. The van der Waals surface area contributed by atoms with Gasteiger partial charge in [-0.05, 0) is 26.2 Å². The van der Waals surface area contributed by atoms with E-state index in [0.29, 0.717) is 12.8 Å². The Morgan fingerprint density at radius 3 is 2.00 bits per heavy atom. The van der Waals surface area contributed by atoms with Crippen LogP contribution >= 0.6 is 0 Å². The van der Waals surface area contributed by atoms with Gasteiger partial charge in [0.2, 0.25) is 0 Å². The summed E-state index contributed by atoms with van der Waals surface area (Å²) >= 11 is 0. The Balaban J connectivity index is 3.15. The Hall–Kier alpha value is -1.19. The van der Waals surface area contributed by atoms with Crippen LogP contribution in [0.5, 0.6) is 0 Å². The highest BCUT2D eigenvalue weighted by Gasteiger charge is 2.59. The Morgan fingerprint density at radius 1 is 1.33 bits per heavy atom. The second-order valence-corrected chi connectivity index (χ2v) is 4.51. The van der Waals surface area contributed by atoms with E-state index in [1.807, 2.05) is 0 Å². The zero-order valence-corrected chi connectivity index (χ0v) is 9.29. The van der Waals surface area contributed by atoms with Crippen LogP contribution in [0.1, 0.15) is 40.0 Å². The van der Waals surface area contributed by atoms with Crippen molar-refractivity contribution in [1.82, 2.24) is 0 Å². The fourth-order valence-corrected chi connectivity index (χ4v) is 1.90. The molecule has 1 rings (SSSR count). The molecule has 0 aromatic heterocycles. The van der Waals surface area contributed by atoms with Crippen LogP contribution in [0.2, 0.25) is 0 Å². The Morgan fingerprint density at radius 2 is 1.80 bits per heavy atom. The summed E-state index contributed by atoms with van der Waals surface area (Å²) in [5, 5.41) is 9.11. The van der Waals surface area contributed by atoms with E-state index in [9.17, 15) is 14.4 Å². The summed E-state index contributed by atoms with van der Waals surface area (Å²) in [6, 6.07) is 0. The van der Waals surface area contributed by atoms with Gasteiger partial charge in [0.25, 0.3) is 0 Å². The summed E-state index contributed by atoms with van der Waals surface area (Å²) in [6.45, 7) is 4.48. The largest absolute Gasteiger partial charge is 0.480 e. The van der Waals surface area contributed by atoms with E-state index < -0.39 is 28.4 Å². The van der Waals surface area contributed by atoms with Gasteiger partial charge in [0, 0.05) is 5.41 Å². The van der Waals surface area contributed by atoms with Gasteiger partial charge in [-0.2, -0.15) is 0 Å². The standard InChI is InChI=1S/C11H16O4/c1-4-11(7(2)12,9(14)15)8(13)10(3)5-6-10/h4-6H2,1-3H3,(H,14,15). The molecule has 0 aromatic rings. The molecule has 0 heterocycles. The van der Waals surface area contributed by atoms with Crippen molar-refractivity contribution >= 4 is 17.5 Å². The SMILES string of the molecule is CCC(C(C)=O)(C(=O)O)C(=O)C1(C)CC1. The number of hydrogen-bond donors (Lipinski definition) is 1. The summed E-state index contributed by atoms with van der Waals surface area (Å²) in [5.41, 5.74) is -2.40. The molecule has 0 radical (unpaired) electrons. The maximum Gasteiger partial charge on any atom is 0.324 e. The van der Waals surface area contributed by atoms with Gasteiger partial charge in [0.05, 0.1) is 0 Å². The van der Waals surface area contributed by atoms with Crippen molar-refractivity contribution in [2.45, 2.75) is 40.0 Å². The molecule has 1 aliphatic rings. The van der Waals surface area contributed by atoms with Crippen LogP contribution < -0.4 is 0 Å². The van der Waals surface area contributed by atoms with E-state index in [2.05, 4.69) is 0 Å². The number of Topliss-reactive ketones (excluding diaryl/α,β-unsaturated/α-hetero) is 2. The quantitative estimate of drug-likeness (QED) is 0.700. The topological polar surface area (TPSA) is 71.4 Å². The fourth-order valence-electron chi connectivity index (χ4n) is 1.90. The van der Waals surface area contributed by atoms with Gasteiger partial charge in [-0.1, -0.05) is 13.8 Å². The first kappa shape index (κ1) is 11.9. The number of carboxylic acids is 1. The smallest absolute Gasteiger partial charge is 0.324 e. The van der Waals surface area contributed by atoms with Crippen LogP contribution in [-0.4, -0.2) is 22.6 Å². The summed E-state index contributed by atoms with van der Waals surface area (Å²) in [6.07, 6.45) is 1.41. The van der Waals surface area contributed by atoms with Crippen LogP contribution in [0.25, 0.3) is 0 Å². The zero-order chi connectivity index (χ0) is 11.9. The van der Waals surface area contributed by atoms with E-state index in [4.69, 9.17) is 5.11 Å². The zero-order valence-electron chi connectivity index (χ0n) is 9.29. The highest BCUT2D eigenvalue weighted by atomic mass is 16.4. The molecular formula is C11H16O4. The summed E-state index contributed by atoms with van der Waals surface area (Å²) in [4.78, 5) is 34.7. The minimum absolute atomic E-state index is 0.0338. The van der Waals surface area contributed by atoms with Gasteiger partial charge in [0.15, 0.2) is 17.0 Å². The molecule has 0 aromatic carbocycles. The van der Waals surface area contributed by atoms with Gasteiger partial charge in [-0.15, -0.1) is 0 Å². The third-order valence-corrected chi connectivity index (χ3v) is 3.43. The molecule has 4 heteroatoms. The molecule has 1 atom stereocenters. The van der Waals surface area contributed by atoms with Gasteiger partial charge < -0.3 is 5.11 Å². The van der Waals surface area contributed by atoms with Crippen molar-refractivity contribution in [2.75, 3.05) is 0 Å². The first-order valence-corrected chi connectivity index (χ1v) is 5.10. The van der Waals surface area contributed by atoms with Crippen LogP contribution in [0.15, 0.2) is 0 Å². The van der Waals surface area contributed by atoms with Crippen LogP contribution in [0, 0.1) is 10.8 Å². The van der Waals surface area contributed by atoms with Crippen LogP contribution in [0.3, 0.4) is 0 Å². The molecule has 0 bridgehead atoms. The first-order chi connectivity index (χ1) is 6.81. The normalized spacial score (nSPS) is 21.5. The molecule has 1 fully saturated rings. The Bertz CT molecular complexity index is 311. The molecule has 15 heavy (non-hydrogen) atoms. The maximum absolute atomic E-state index is 12.1. The number of hydrogen-bond acceptors (Lipinski definition) is 3. The average molecular weight is 212 g/mol. The Kier molecular flexibility index (Phi) is 2.72. The highest BCUT2D eigenvalue weighted by Crippen LogP contribution is 2.51. The molecule has 1 aliphatic carbocycles. The Labute approximate surface area is 88.7 Å². The lowest BCUT2D eigenvalue weighted by molar-refractivity contribution is -0.161. The van der Waals surface area contributed by atoms with E-state index in [-0.39, 0.29) is 6.42 Å². The average Bonchev–Trinajstić information content (AvgIpc) is 2.85. The van der Waals surface area contributed by atoms with Gasteiger partial charge in [-0.25, -0.2) is 0 Å². The summed E-state index contributed by atoms with van der Waals surface area (Å²) < 4.78 is 0. The van der Waals surface area contributed by atoms with Crippen LogP contribution in [-0.2, 0) is 14.4 Å². The van der Waals surface area contributed by atoms with Crippen molar-refractivity contribution in [3.05, 3.63) is 0 Å². The molecule has 0 aliphatic heterocycles. The van der Waals surface area contributed by atoms with Crippen molar-refractivity contribution in [2.24, 2.45) is 10.8 Å². The maximum atomic E-state index is 12.1. The minimum Gasteiger partial charge on any atom is -0.480 e. The third kappa shape index (κ3) is 1.58. The second-order valence-electron chi connectivity index (χ2n) is 4.51. The van der Waals surface area contributed by atoms with Gasteiger partial charge in [-0.3, -0.25) is 14.4 Å². The van der Waals surface area contributed by atoms with Gasteiger partial charge >= 0.3 is 5.97 Å². The molecule has 1 N–H and O–H groups in total. The monoisotopic (exact) mass is 212 g/mol. The molecule has 84 valence electrons. The number of ketones is 2. The predicted molar refractivity (Wildman–Crippen MR) is 53.4 cm³/mol. The number of carbonyl (C=O) groups excluding carboxylic acids is 2. The summed E-state index contributed by atoms with van der Waals surface area (Å²) in [7, 11) is 0. The predicted octanol–water partition coefficient (Wildman–Crippen LogP) is 1.43. The highest BCUT2D eigenvalue weighted by molar-refractivity contribution is 6.23. The molecule has 1 unspecified atom stereocenters. The van der Waals surface area contributed by atoms with E-state index >= 15 is 0 Å². The first-order valence-electron chi connectivity index (χ1n) is 5.10. The minimum atomic E-state index is -1.81. The molecule has 0 saturated heterocycles. The molecule has 0 amide bonds. The fraction of sp³-hybridized carbons (Fsp3) is 0.727. The number of rotatable bonds is 5. The summed E-state index contributed by atoms with van der Waals surface area (Å²) in [5.74, 6) is -2.29. The molecule has 4 nitrogen and oxygen atoms in total. The number of carbonyl (C=O) groups is 3. The lowest BCUT2D eigenvalue weighted by atomic mass is 9.72. The van der Waals surface area contributed by atoms with E-state index in [1.165, 1.54) is 6.92 Å².